The van der Waals surface area contributed by atoms with Gasteiger partial charge in [0.25, 0.3) is 0 Å². The van der Waals surface area contributed by atoms with Crippen LogP contribution in [-0.4, -0.2) is 78.9 Å². The molecular formula is C20H33N7O. The van der Waals surface area contributed by atoms with Crippen molar-refractivity contribution in [2.45, 2.75) is 31.2 Å². The predicted molar refractivity (Wildman–Crippen MR) is 113 cm³/mol. The SMILES string of the molecule is C=C/N=C1/NC=C/C1=C(/N)N1CCCC2(CCCN2C(=O)NCCN(C)C)C1. The lowest BCUT2D eigenvalue weighted by Gasteiger charge is -2.46. The lowest BCUT2D eigenvalue weighted by molar-refractivity contribution is 0.0761. The summed E-state index contributed by atoms with van der Waals surface area (Å²) in [5, 5.41) is 6.19. The lowest BCUT2D eigenvalue weighted by atomic mass is 9.86. The van der Waals surface area contributed by atoms with Crippen LogP contribution in [0, 0.1) is 0 Å². The maximum Gasteiger partial charge on any atom is 0.317 e. The molecule has 2 fully saturated rings. The van der Waals surface area contributed by atoms with Crippen molar-refractivity contribution in [3.8, 4) is 0 Å². The third-order valence-electron chi connectivity index (χ3n) is 5.79. The summed E-state index contributed by atoms with van der Waals surface area (Å²) >= 11 is 0. The number of carbonyl (C=O) groups is 1. The number of nitrogens with two attached hydrogens (primary N) is 1. The van der Waals surface area contributed by atoms with Gasteiger partial charge < -0.3 is 31.1 Å². The summed E-state index contributed by atoms with van der Waals surface area (Å²) in [5.41, 5.74) is 7.28. The van der Waals surface area contributed by atoms with Crippen LogP contribution in [0.4, 0.5) is 4.79 Å². The van der Waals surface area contributed by atoms with Gasteiger partial charge in [-0.3, -0.25) is 0 Å². The first kappa shape index (κ1) is 20.3. The summed E-state index contributed by atoms with van der Waals surface area (Å²) in [6.07, 6.45) is 9.39. The van der Waals surface area contributed by atoms with Gasteiger partial charge in [-0.15, -0.1) is 0 Å². The molecule has 0 radical (unpaired) electrons. The van der Waals surface area contributed by atoms with Gasteiger partial charge in [0.15, 0.2) is 0 Å². The van der Waals surface area contributed by atoms with E-state index in [0.717, 1.165) is 63.3 Å². The summed E-state index contributed by atoms with van der Waals surface area (Å²) in [7, 11) is 4.02. The zero-order valence-electron chi connectivity index (χ0n) is 17.1. The molecule has 1 atom stereocenters. The number of nitrogens with zero attached hydrogens (tertiary/aromatic N) is 4. The summed E-state index contributed by atoms with van der Waals surface area (Å²) in [4.78, 5) is 23.4. The Balaban J connectivity index is 1.74. The zero-order chi connectivity index (χ0) is 20.1. The number of piperidine rings is 1. The highest BCUT2D eigenvalue weighted by molar-refractivity contribution is 6.04. The number of hydrogen-bond donors (Lipinski definition) is 3. The molecule has 3 rings (SSSR count). The fourth-order valence-corrected chi connectivity index (χ4v) is 4.42. The van der Waals surface area contributed by atoms with E-state index >= 15 is 0 Å². The van der Waals surface area contributed by atoms with Gasteiger partial charge in [-0.25, -0.2) is 9.79 Å². The number of carbonyl (C=O) groups excluding carboxylic acids is 1. The normalized spacial score (nSPS) is 27.6. The quantitative estimate of drug-likeness (QED) is 0.655. The number of urea groups is 1. The van der Waals surface area contributed by atoms with E-state index in [1.807, 2.05) is 31.3 Å². The van der Waals surface area contributed by atoms with E-state index in [1.54, 1.807) is 0 Å². The standard InChI is InChI=1S/C20H33N7O/c1-4-22-18-16(7-10-23-18)17(21)26-12-5-8-20(15-26)9-6-13-27(20)19(28)24-11-14-25(2)3/h4,7,10H,1,5-6,8-9,11-15,21H2,2-3H3,(H,22,23)(H,24,28)/b17-16+. The molecule has 8 heteroatoms. The molecule has 28 heavy (non-hydrogen) atoms. The van der Waals surface area contributed by atoms with Crippen molar-refractivity contribution in [3.63, 3.8) is 0 Å². The Morgan fingerprint density at radius 3 is 2.89 bits per heavy atom. The lowest BCUT2D eigenvalue weighted by Crippen LogP contribution is -2.59. The van der Waals surface area contributed by atoms with E-state index < -0.39 is 0 Å². The van der Waals surface area contributed by atoms with Gasteiger partial charge in [0, 0.05) is 45.1 Å². The Labute approximate surface area is 167 Å². The van der Waals surface area contributed by atoms with E-state index in [9.17, 15) is 4.79 Å². The third kappa shape index (κ3) is 4.16. The summed E-state index contributed by atoms with van der Waals surface area (Å²) in [6.45, 7) is 7.62. The van der Waals surface area contributed by atoms with Crippen LogP contribution in [0.15, 0.2) is 41.4 Å². The molecule has 0 aromatic carbocycles. The Hall–Kier alpha value is -2.48. The highest BCUT2D eigenvalue weighted by Gasteiger charge is 2.46. The van der Waals surface area contributed by atoms with Crippen molar-refractivity contribution in [1.29, 1.82) is 0 Å². The molecule has 3 heterocycles. The van der Waals surface area contributed by atoms with Gasteiger partial charge in [-0.1, -0.05) is 6.58 Å². The molecule has 0 saturated carbocycles. The molecule has 0 bridgehead atoms. The number of likely N-dealkylation sites (tertiary alicyclic amines) is 2. The minimum Gasteiger partial charge on any atom is -0.385 e. The largest absolute Gasteiger partial charge is 0.385 e. The molecule has 154 valence electrons. The summed E-state index contributed by atoms with van der Waals surface area (Å²) in [6, 6.07) is 0.0452. The zero-order valence-corrected chi connectivity index (χ0v) is 17.1. The minimum absolute atomic E-state index is 0.0452. The van der Waals surface area contributed by atoms with Crippen LogP contribution < -0.4 is 16.4 Å². The van der Waals surface area contributed by atoms with Gasteiger partial charge in [0.2, 0.25) is 0 Å². The Bertz CT molecular complexity index is 697. The number of aliphatic imine (C=N–C) groups is 1. The van der Waals surface area contributed by atoms with Gasteiger partial charge in [0.1, 0.15) is 11.7 Å². The molecule has 3 aliphatic heterocycles. The van der Waals surface area contributed by atoms with E-state index in [4.69, 9.17) is 5.73 Å². The number of hydrogen-bond acceptors (Lipinski definition) is 5. The van der Waals surface area contributed by atoms with Crippen LogP contribution in [0.5, 0.6) is 0 Å². The van der Waals surface area contributed by atoms with Gasteiger partial charge in [-0.2, -0.15) is 0 Å². The van der Waals surface area contributed by atoms with E-state index in [2.05, 4.69) is 32.0 Å². The number of amidine groups is 1. The van der Waals surface area contributed by atoms with Crippen molar-refractivity contribution in [1.82, 2.24) is 25.3 Å². The summed E-state index contributed by atoms with van der Waals surface area (Å²) in [5.74, 6) is 1.43. The average molecular weight is 388 g/mol. The minimum atomic E-state index is -0.142. The first-order valence-corrected chi connectivity index (χ1v) is 10.0. The van der Waals surface area contributed by atoms with E-state index in [-0.39, 0.29) is 11.6 Å². The number of likely N-dealkylation sites (N-methyl/N-ethyl adjacent to an activating group) is 1. The second-order valence-corrected chi connectivity index (χ2v) is 7.98. The van der Waals surface area contributed by atoms with Crippen molar-refractivity contribution in [2.24, 2.45) is 10.7 Å². The first-order chi connectivity index (χ1) is 13.5. The second kappa shape index (κ2) is 8.68. The molecule has 0 aliphatic carbocycles. The Morgan fingerprint density at radius 2 is 2.18 bits per heavy atom. The van der Waals surface area contributed by atoms with Crippen molar-refractivity contribution >= 4 is 11.9 Å². The smallest absolute Gasteiger partial charge is 0.317 e. The highest BCUT2D eigenvalue weighted by Crippen LogP contribution is 2.38. The van der Waals surface area contributed by atoms with Crippen molar-refractivity contribution < 1.29 is 4.79 Å². The maximum atomic E-state index is 12.9. The van der Waals surface area contributed by atoms with Crippen molar-refractivity contribution in [2.75, 3.05) is 46.8 Å². The molecule has 2 amide bonds. The first-order valence-electron chi connectivity index (χ1n) is 10.0. The van der Waals surface area contributed by atoms with Crippen LogP contribution in [-0.2, 0) is 0 Å². The Kier molecular flexibility index (Phi) is 6.28. The highest BCUT2D eigenvalue weighted by atomic mass is 16.2. The van der Waals surface area contributed by atoms with Crippen LogP contribution >= 0.6 is 0 Å². The van der Waals surface area contributed by atoms with Crippen molar-refractivity contribution in [3.05, 3.63) is 36.4 Å². The van der Waals surface area contributed by atoms with Crippen LogP contribution in [0.2, 0.25) is 0 Å². The van der Waals surface area contributed by atoms with E-state index in [0.29, 0.717) is 12.4 Å². The van der Waals surface area contributed by atoms with Crippen LogP contribution in [0.3, 0.4) is 0 Å². The van der Waals surface area contributed by atoms with Crippen LogP contribution in [0.25, 0.3) is 0 Å². The number of rotatable bonds is 5. The molecule has 1 unspecified atom stereocenters. The fraction of sp³-hybridized carbons (Fsp3) is 0.600. The molecule has 0 aromatic heterocycles. The molecule has 4 N–H and O–H groups in total. The average Bonchev–Trinajstić information content (AvgIpc) is 3.28. The number of nitrogens with one attached hydrogen (secondary N) is 2. The summed E-state index contributed by atoms with van der Waals surface area (Å²) < 4.78 is 0. The molecule has 0 aromatic rings. The van der Waals surface area contributed by atoms with Crippen LogP contribution in [0.1, 0.15) is 25.7 Å². The maximum absolute atomic E-state index is 12.9. The fourth-order valence-electron chi connectivity index (χ4n) is 4.42. The van der Waals surface area contributed by atoms with Gasteiger partial charge in [0.05, 0.1) is 11.1 Å². The van der Waals surface area contributed by atoms with E-state index in [1.165, 1.54) is 6.20 Å². The molecular weight excluding hydrogens is 354 g/mol. The monoisotopic (exact) mass is 387 g/mol. The topological polar surface area (TPSA) is 89.2 Å². The Morgan fingerprint density at radius 1 is 1.43 bits per heavy atom. The molecule has 3 aliphatic rings. The molecule has 2 saturated heterocycles. The van der Waals surface area contributed by atoms with Gasteiger partial charge in [-0.05, 0) is 45.9 Å². The second-order valence-electron chi connectivity index (χ2n) is 7.98. The molecule has 8 nitrogen and oxygen atoms in total. The van der Waals surface area contributed by atoms with Gasteiger partial charge >= 0.3 is 6.03 Å². The predicted octanol–water partition coefficient (Wildman–Crippen LogP) is 1.02. The number of amides is 2. The molecule has 1 spiro atoms. The third-order valence-corrected chi connectivity index (χ3v) is 5.79.